The van der Waals surface area contributed by atoms with E-state index in [1.807, 2.05) is 0 Å². The van der Waals surface area contributed by atoms with Crippen LogP contribution in [0, 0.1) is 52.3 Å². The summed E-state index contributed by atoms with van der Waals surface area (Å²) < 4.78 is 11.6. The predicted octanol–water partition coefficient (Wildman–Crippen LogP) is 7.58. The van der Waals surface area contributed by atoms with Crippen LogP contribution in [-0.4, -0.2) is 24.1 Å². The van der Waals surface area contributed by atoms with E-state index in [0.717, 1.165) is 48.9 Å². The van der Waals surface area contributed by atoms with Gasteiger partial charge in [0.05, 0.1) is 0 Å². The lowest BCUT2D eigenvalue weighted by molar-refractivity contribution is -0.205. The number of ether oxygens (including phenoxy) is 2. The van der Waals surface area contributed by atoms with E-state index in [4.69, 9.17) is 9.47 Å². The molecular weight excluding hydrogens is 436 g/mol. The Morgan fingerprint density at radius 2 is 1.40 bits per heavy atom. The Morgan fingerprint density at radius 3 is 2.06 bits per heavy atom. The molecule has 35 heavy (non-hydrogen) atoms. The summed E-state index contributed by atoms with van der Waals surface area (Å²) in [7, 11) is 0. The minimum Gasteiger partial charge on any atom is -0.459 e. The normalized spacial score (nSPS) is 43.6. The smallest absolute Gasteiger partial charge is 0.303 e. The quantitative estimate of drug-likeness (QED) is 0.347. The minimum absolute atomic E-state index is 0.169. The molecule has 0 amide bonds. The molecule has 0 aromatic heterocycles. The number of rotatable bonds is 7. The maximum atomic E-state index is 12.0. The van der Waals surface area contributed by atoms with Gasteiger partial charge in [0, 0.05) is 19.8 Å². The topological polar surface area (TPSA) is 52.6 Å². The summed E-state index contributed by atoms with van der Waals surface area (Å²) in [5, 5.41) is 0. The first-order valence-electron chi connectivity index (χ1n) is 14.8. The summed E-state index contributed by atoms with van der Waals surface area (Å²) >= 11 is 0. The third-order valence-corrected chi connectivity index (χ3v) is 11.5. The number of carbonyl (C=O) groups is 2. The molecule has 0 radical (unpaired) electrons. The van der Waals surface area contributed by atoms with Crippen LogP contribution in [0.2, 0.25) is 0 Å². The Bertz CT molecular complexity index is 776. The molecule has 0 aromatic carbocycles. The maximum absolute atomic E-state index is 12.0. The van der Waals surface area contributed by atoms with Crippen molar-refractivity contribution in [3.63, 3.8) is 0 Å². The molecule has 0 heterocycles. The van der Waals surface area contributed by atoms with Crippen molar-refractivity contribution < 1.29 is 19.1 Å². The van der Waals surface area contributed by atoms with Gasteiger partial charge in [-0.1, -0.05) is 53.9 Å². The lowest BCUT2D eigenvalue weighted by Gasteiger charge is -2.62. The highest BCUT2D eigenvalue weighted by Gasteiger charge is 2.63. The molecule has 4 fully saturated rings. The zero-order valence-electron chi connectivity index (χ0n) is 23.6. The average molecular weight is 489 g/mol. The van der Waals surface area contributed by atoms with Gasteiger partial charge in [-0.05, 0) is 97.7 Å². The Hall–Kier alpha value is -1.06. The lowest BCUT2D eigenvalue weighted by Crippen LogP contribution is -2.59. The molecule has 4 aliphatic carbocycles. The lowest BCUT2D eigenvalue weighted by atomic mass is 9.44. The molecule has 4 heteroatoms. The second-order valence-electron chi connectivity index (χ2n) is 13.9. The van der Waals surface area contributed by atoms with Gasteiger partial charge in [0.2, 0.25) is 0 Å². The van der Waals surface area contributed by atoms with E-state index in [1.165, 1.54) is 65.2 Å². The van der Waals surface area contributed by atoms with Crippen LogP contribution in [0.15, 0.2) is 0 Å². The summed E-state index contributed by atoms with van der Waals surface area (Å²) in [4.78, 5) is 23.8. The largest absolute Gasteiger partial charge is 0.459 e. The molecule has 200 valence electrons. The first kappa shape index (κ1) is 27.0. The Labute approximate surface area is 214 Å². The molecule has 0 saturated heterocycles. The summed E-state index contributed by atoms with van der Waals surface area (Å²) in [5.74, 6) is 4.64. The van der Waals surface area contributed by atoms with Gasteiger partial charge < -0.3 is 9.47 Å². The van der Waals surface area contributed by atoms with Gasteiger partial charge in [-0.2, -0.15) is 0 Å². The van der Waals surface area contributed by atoms with Gasteiger partial charge in [-0.15, -0.1) is 0 Å². The fraction of sp³-hybridized carbons (Fsp3) is 0.935. The van der Waals surface area contributed by atoms with E-state index in [9.17, 15) is 9.59 Å². The van der Waals surface area contributed by atoms with Crippen LogP contribution in [0.4, 0.5) is 0 Å². The Morgan fingerprint density at radius 1 is 0.771 bits per heavy atom. The van der Waals surface area contributed by atoms with Crippen molar-refractivity contribution in [2.24, 2.45) is 52.3 Å². The van der Waals surface area contributed by atoms with Crippen molar-refractivity contribution in [1.29, 1.82) is 0 Å². The number of hydrogen-bond acceptors (Lipinski definition) is 4. The molecule has 0 N–H and O–H groups in total. The molecule has 4 rings (SSSR count). The van der Waals surface area contributed by atoms with E-state index in [2.05, 4.69) is 34.6 Å². The van der Waals surface area contributed by atoms with Gasteiger partial charge in [-0.25, -0.2) is 0 Å². The Kier molecular flexibility index (Phi) is 7.99. The van der Waals surface area contributed by atoms with Gasteiger partial charge in [0.15, 0.2) is 0 Å². The second-order valence-corrected chi connectivity index (χ2v) is 13.9. The third-order valence-electron chi connectivity index (χ3n) is 11.5. The highest BCUT2D eigenvalue weighted by atomic mass is 16.6. The van der Waals surface area contributed by atoms with Crippen LogP contribution < -0.4 is 0 Å². The van der Waals surface area contributed by atoms with E-state index in [1.54, 1.807) is 0 Å². The van der Waals surface area contributed by atoms with E-state index >= 15 is 0 Å². The van der Waals surface area contributed by atoms with Gasteiger partial charge >= 0.3 is 11.9 Å². The first-order valence-corrected chi connectivity index (χ1v) is 14.8. The molecule has 4 aliphatic rings. The van der Waals surface area contributed by atoms with Crippen molar-refractivity contribution in [2.45, 2.75) is 131 Å². The maximum Gasteiger partial charge on any atom is 0.303 e. The summed E-state index contributed by atoms with van der Waals surface area (Å²) in [6, 6.07) is 0. The van der Waals surface area contributed by atoms with Crippen molar-refractivity contribution in [1.82, 2.24) is 0 Å². The predicted molar refractivity (Wildman–Crippen MR) is 140 cm³/mol. The van der Waals surface area contributed by atoms with E-state index in [-0.39, 0.29) is 29.6 Å². The molecule has 4 nitrogen and oxygen atoms in total. The number of hydrogen-bond donors (Lipinski definition) is 0. The second kappa shape index (κ2) is 10.4. The molecule has 0 spiro atoms. The van der Waals surface area contributed by atoms with Gasteiger partial charge in [0.25, 0.3) is 0 Å². The summed E-state index contributed by atoms with van der Waals surface area (Å²) in [5.41, 5.74) is 0.661. The van der Waals surface area contributed by atoms with Crippen molar-refractivity contribution in [2.75, 3.05) is 0 Å². The Balaban J connectivity index is 1.50. The summed E-state index contributed by atoms with van der Waals surface area (Å²) in [6.07, 6.45) is 13.2. The van der Waals surface area contributed by atoms with Crippen LogP contribution >= 0.6 is 0 Å². The van der Waals surface area contributed by atoms with Crippen molar-refractivity contribution in [3.05, 3.63) is 0 Å². The first-order chi connectivity index (χ1) is 16.5. The third kappa shape index (κ3) is 5.06. The van der Waals surface area contributed by atoms with Gasteiger partial charge in [0.1, 0.15) is 12.2 Å². The highest BCUT2D eigenvalue weighted by Crippen LogP contribution is 2.68. The molecule has 0 aromatic rings. The van der Waals surface area contributed by atoms with Crippen LogP contribution in [0.3, 0.4) is 0 Å². The molecule has 0 aliphatic heterocycles. The van der Waals surface area contributed by atoms with Crippen LogP contribution in [0.1, 0.15) is 119 Å². The summed E-state index contributed by atoms with van der Waals surface area (Å²) in [6.45, 7) is 15.3. The molecule has 4 saturated carbocycles. The van der Waals surface area contributed by atoms with Gasteiger partial charge in [-0.3, -0.25) is 9.59 Å². The monoisotopic (exact) mass is 488 g/mol. The fourth-order valence-electron chi connectivity index (χ4n) is 9.99. The standard InChI is InChI=1S/C31H52O4/c1-19(2)9-8-10-20(3)24-13-14-25-23-11-12-27-29(35-22(5)33)28(34-21(4)32)16-18-31(27,7)26(23)15-17-30(24,25)6/h19-20,23-29H,8-18H2,1-7H3/t20-,23+,24-,25+,26+,27+,28-,29+,30-,31-/m1/s1. The average Bonchev–Trinajstić information content (AvgIpc) is 3.12. The molecule has 10 atom stereocenters. The molecule has 0 bridgehead atoms. The minimum atomic E-state index is -0.290. The number of carbonyl (C=O) groups excluding carboxylic acids is 2. The van der Waals surface area contributed by atoms with E-state index in [0.29, 0.717) is 17.3 Å². The van der Waals surface area contributed by atoms with Crippen molar-refractivity contribution in [3.8, 4) is 0 Å². The van der Waals surface area contributed by atoms with Crippen molar-refractivity contribution >= 4 is 11.9 Å². The zero-order valence-corrected chi connectivity index (χ0v) is 23.6. The fourth-order valence-corrected chi connectivity index (χ4v) is 9.99. The molecule has 0 unspecified atom stereocenters. The van der Waals surface area contributed by atoms with Crippen LogP contribution in [0.5, 0.6) is 0 Å². The molecular formula is C31H52O4. The number of esters is 2. The zero-order chi connectivity index (χ0) is 25.5. The van der Waals surface area contributed by atoms with Crippen LogP contribution in [0.25, 0.3) is 0 Å². The van der Waals surface area contributed by atoms with E-state index < -0.39 is 0 Å². The SMILES string of the molecule is CC(=O)O[C@@H]1[C@H](OC(C)=O)CC[C@]2(C)[C@H]3CC[C@]4(C)[C@@H]([C@H](C)CCCC(C)C)CC[C@H]4[C@@H]3CC[C@@H]12. The van der Waals surface area contributed by atoms with Crippen LogP contribution in [-0.2, 0) is 19.1 Å². The highest BCUT2D eigenvalue weighted by molar-refractivity contribution is 5.67. The number of fused-ring (bicyclic) bond motifs is 5.